The van der Waals surface area contributed by atoms with Crippen LogP contribution in [0, 0.1) is 5.92 Å². The van der Waals surface area contributed by atoms with E-state index >= 15 is 0 Å². The zero-order chi connectivity index (χ0) is 13.0. The Hall–Kier alpha value is -0.680. The Morgan fingerprint density at radius 1 is 1.39 bits per heavy atom. The molecule has 0 bridgehead atoms. The second-order valence-electron chi connectivity index (χ2n) is 5.37. The Kier molecular flexibility index (Phi) is 4.95. The molecule has 2 rings (SSSR count). The molecule has 0 amide bonds. The molecule has 0 aromatic carbocycles. The van der Waals surface area contributed by atoms with Gasteiger partial charge in [0.1, 0.15) is 5.01 Å². The molecule has 1 saturated carbocycles. The smallest absolute Gasteiger partial charge is 0.205 e. The first-order chi connectivity index (χ1) is 8.69. The Morgan fingerprint density at radius 3 is 2.94 bits per heavy atom. The fraction of sp³-hybridized carbons (Fsp3) is 0.846. The van der Waals surface area contributed by atoms with Crippen LogP contribution in [0.25, 0.3) is 0 Å². The third kappa shape index (κ3) is 3.65. The third-order valence-corrected chi connectivity index (χ3v) is 4.58. The average Bonchev–Trinajstić information content (AvgIpc) is 2.77. The highest BCUT2D eigenvalue weighted by Crippen LogP contribution is 2.28. The van der Waals surface area contributed by atoms with E-state index in [0.29, 0.717) is 0 Å². The summed E-state index contributed by atoms with van der Waals surface area (Å²) in [6.45, 7) is 6.29. The van der Waals surface area contributed by atoms with Gasteiger partial charge in [-0.05, 0) is 32.7 Å². The molecule has 0 radical (unpaired) electrons. The number of nitrogens with zero attached hydrogens (tertiary/aromatic N) is 3. The van der Waals surface area contributed by atoms with Crippen molar-refractivity contribution in [3.63, 3.8) is 0 Å². The lowest BCUT2D eigenvalue weighted by Gasteiger charge is -2.33. The summed E-state index contributed by atoms with van der Waals surface area (Å²) < 4.78 is 0. The van der Waals surface area contributed by atoms with Crippen molar-refractivity contribution in [1.82, 2.24) is 15.1 Å². The van der Waals surface area contributed by atoms with Gasteiger partial charge in [-0.2, -0.15) is 0 Å². The topological polar surface area (TPSA) is 41.1 Å². The molecule has 2 atom stereocenters. The monoisotopic (exact) mass is 268 g/mol. The van der Waals surface area contributed by atoms with Gasteiger partial charge in [0.05, 0.1) is 6.54 Å². The number of rotatable bonds is 5. The molecule has 18 heavy (non-hydrogen) atoms. The fourth-order valence-electron chi connectivity index (χ4n) is 2.69. The first-order valence-corrected chi connectivity index (χ1v) is 7.77. The van der Waals surface area contributed by atoms with E-state index in [4.69, 9.17) is 0 Å². The number of hydrogen-bond donors (Lipinski definition) is 1. The number of aromatic nitrogens is 2. The van der Waals surface area contributed by atoms with Crippen molar-refractivity contribution in [3.8, 4) is 0 Å². The normalized spacial score (nSPS) is 24.4. The molecule has 1 aliphatic rings. The second-order valence-corrected chi connectivity index (χ2v) is 6.43. The van der Waals surface area contributed by atoms with E-state index in [2.05, 4.69) is 41.3 Å². The Labute approximate surface area is 114 Å². The van der Waals surface area contributed by atoms with E-state index < -0.39 is 0 Å². The minimum Gasteiger partial charge on any atom is -0.360 e. The molecule has 4 nitrogen and oxygen atoms in total. The van der Waals surface area contributed by atoms with Crippen molar-refractivity contribution < 1.29 is 0 Å². The summed E-state index contributed by atoms with van der Waals surface area (Å²) in [6, 6.07) is 0.722. The van der Waals surface area contributed by atoms with Crippen LogP contribution in [0.2, 0.25) is 0 Å². The first kappa shape index (κ1) is 13.7. The summed E-state index contributed by atoms with van der Waals surface area (Å²) in [4.78, 5) is 2.45. The van der Waals surface area contributed by atoms with E-state index in [1.54, 1.807) is 11.3 Å². The summed E-state index contributed by atoms with van der Waals surface area (Å²) in [6.07, 6.45) is 5.43. The van der Waals surface area contributed by atoms with Gasteiger partial charge < -0.3 is 5.32 Å². The highest BCUT2D eigenvalue weighted by molar-refractivity contribution is 7.15. The van der Waals surface area contributed by atoms with Crippen LogP contribution in [0.4, 0.5) is 5.13 Å². The number of anilines is 1. The van der Waals surface area contributed by atoms with Gasteiger partial charge in [0, 0.05) is 12.6 Å². The van der Waals surface area contributed by atoms with Crippen LogP contribution in [0.5, 0.6) is 0 Å². The molecule has 1 aliphatic carbocycles. The van der Waals surface area contributed by atoms with Crippen LogP contribution in [0.3, 0.4) is 0 Å². The predicted molar refractivity (Wildman–Crippen MR) is 77.0 cm³/mol. The Morgan fingerprint density at radius 2 is 2.22 bits per heavy atom. The SMILES string of the molecule is CCNc1nnc(CN(C)C2CCCC(C)C2)s1. The molecular weight excluding hydrogens is 244 g/mol. The van der Waals surface area contributed by atoms with E-state index in [1.165, 1.54) is 25.7 Å². The maximum atomic E-state index is 4.25. The van der Waals surface area contributed by atoms with Crippen LogP contribution in [-0.2, 0) is 6.54 Å². The van der Waals surface area contributed by atoms with Crippen LogP contribution < -0.4 is 5.32 Å². The summed E-state index contributed by atoms with van der Waals surface area (Å²) in [5.74, 6) is 0.873. The molecule has 1 heterocycles. The van der Waals surface area contributed by atoms with Crippen LogP contribution >= 0.6 is 11.3 Å². The van der Waals surface area contributed by atoms with Crippen molar-refractivity contribution >= 4 is 16.5 Å². The molecule has 1 aromatic heterocycles. The average molecular weight is 268 g/mol. The van der Waals surface area contributed by atoms with E-state index in [9.17, 15) is 0 Å². The molecule has 102 valence electrons. The maximum absolute atomic E-state index is 4.25. The highest BCUT2D eigenvalue weighted by Gasteiger charge is 2.23. The van der Waals surface area contributed by atoms with E-state index in [0.717, 1.165) is 35.2 Å². The number of hydrogen-bond acceptors (Lipinski definition) is 5. The second kappa shape index (κ2) is 6.48. The van der Waals surface area contributed by atoms with Gasteiger partial charge in [0.25, 0.3) is 0 Å². The summed E-state index contributed by atoms with van der Waals surface area (Å²) in [7, 11) is 2.22. The molecule has 1 N–H and O–H groups in total. The molecule has 0 aliphatic heterocycles. The summed E-state index contributed by atoms with van der Waals surface area (Å²) in [5.41, 5.74) is 0. The van der Waals surface area contributed by atoms with Crippen molar-refractivity contribution in [3.05, 3.63) is 5.01 Å². The lowest BCUT2D eigenvalue weighted by atomic mass is 9.86. The van der Waals surface area contributed by atoms with Crippen LogP contribution in [0.1, 0.15) is 44.5 Å². The quantitative estimate of drug-likeness (QED) is 0.891. The first-order valence-electron chi connectivity index (χ1n) is 6.95. The Bertz CT molecular complexity index is 366. The largest absolute Gasteiger partial charge is 0.360 e. The highest BCUT2D eigenvalue weighted by atomic mass is 32.1. The van der Waals surface area contributed by atoms with Gasteiger partial charge in [-0.1, -0.05) is 31.1 Å². The molecular formula is C13H24N4S. The van der Waals surface area contributed by atoms with E-state index in [1.807, 2.05) is 0 Å². The van der Waals surface area contributed by atoms with E-state index in [-0.39, 0.29) is 0 Å². The summed E-state index contributed by atoms with van der Waals surface area (Å²) in [5, 5.41) is 13.7. The van der Waals surface area contributed by atoms with Crippen molar-refractivity contribution in [2.24, 2.45) is 5.92 Å². The lowest BCUT2D eigenvalue weighted by Crippen LogP contribution is -2.35. The van der Waals surface area contributed by atoms with Crippen LogP contribution in [-0.4, -0.2) is 34.7 Å². The molecule has 0 saturated heterocycles. The molecule has 5 heteroatoms. The van der Waals surface area contributed by atoms with Crippen LogP contribution in [0.15, 0.2) is 0 Å². The standard InChI is InChI=1S/C13H24N4S/c1-4-14-13-16-15-12(18-13)9-17(3)11-7-5-6-10(2)8-11/h10-11H,4-9H2,1-3H3,(H,14,16). The van der Waals surface area contributed by atoms with Gasteiger partial charge in [-0.25, -0.2) is 0 Å². The molecule has 2 unspecified atom stereocenters. The zero-order valence-corrected chi connectivity index (χ0v) is 12.5. The lowest BCUT2D eigenvalue weighted by molar-refractivity contribution is 0.157. The van der Waals surface area contributed by atoms with Gasteiger partial charge in [0.15, 0.2) is 0 Å². The molecule has 1 fully saturated rings. The molecule has 1 aromatic rings. The van der Waals surface area contributed by atoms with Gasteiger partial charge in [-0.3, -0.25) is 4.90 Å². The predicted octanol–water partition coefficient (Wildman–Crippen LogP) is 2.98. The zero-order valence-electron chi connectivity index (χ0n) is 11.6. The Balaban J connectivity index is 1.87. The summed E-state index contributed by atoms with van der Waals surface area (Å²) >= 11 is 1.68. The van der Waals surface area contributed by atoms with Crippen molar-refractivity contribution in [1.29, 1.82) is 0 Å². The van der Waals surface area contributed by atoms with Crippen molar-refractivity contribution in [2.75, 3.05) is 18.9 Å². The molecule has 0 spiro atoms. The van der Waals surface area contributed by atoms with Crippen molar-refractivity contribution in [2.45, 2.75) is 52.1 Å². The fourth-order valence-corrected chi connectivity index (χ4v) is 3.56. The maximum Gasteiger partial charge on any atom is 0.205 e. The number of nitrogens with one attached hydrogen (secondary N) is 1. The third-order valence-electron chi connectivity index (χ3n) is 3.71. The minimum absolute atomic E-state index is 0.722. The van der Waals surface area contributed by atoms with Gasteiger partial charge in [0.2, 0.25) is 5.13 Å². The van der Waals surface area contributed by atoms with Gasteiger partial charge in [-0.15, -0.1) is 10.2 Å². The minimum atomic E-state index is 0.722. The van der Waals surface area contributed by atoms with Gasteiger partial charge >= 0.3 is 0 Å².